The highest BCUT2D eigenvalue weighted by Crippen LogP contribution is 2.30. The highest BCUT2D eigenvalue weighted by molar-refractivity contribution is 7.96. The highest BCUT2D eigenvalue weighted by Gasteiger charge is 2.37. The fourth-order valence-electron chi connectivity index (χ4n) is 3.85. The first-order chi connectivity index (χ1) is 17.8. The van der Waals surface area contributed by atoms with Gasteiger partial charge in [-0.05, 0) is 0 Å². The molecule has 0 fully saturated rings. The minimum atomic E-state index is 0.310. The molecule has 20 heteroatoms. The van der Waals surface area contributed by atoms with Crippen molar-refractivity contribution >= 4 is 93.6 Å². The van der Waals surface area contributed by atoms with Crippen LogP contribution in [-0.4, -0.2) is 64.2 Å². The van der Waals surface area contributed by atoms with Gasteiger partial charge in [0.2, 0.25) is 0 Å². The van der Waals surface area contributed by atoms with Crippen molar-refractivity contribution in [2.24, 2.45) is 48.7 Å². The van der Waals surface area contributed by atoms with Gasteiger partial charge in [0.1, 0.15) is 11.4 Å². The fourth-order valence-corrected chi connectivity index (χ4v) is 6.11. The molecule has 170 valence electrons. The molecule has 0 unspecified atom stereocenters. The highest BCUT2D eigenvalue weighted by atomic mass is 32.2. The number of rotatable bonds is 0. The molecule has 2 N–H and O–H groups in total. The van der Waals surface area contributed by atoms with E-state index in [1.807, 2.05) is 0 Å². The Morgan fingerprint density at radius 2 is 0.778 bits per heavy atom. The number of hydrogen-bond donors (Lipinski definition) is 2. The van der Waals surface area contributed by atoms with Crippen LogP contribution in [0.5, 0.6) is 0 Å². The third-order valence-corrected chi connectivity index (χ3v) is 7.63. The van der Waals surface area contributed by atoms with E-state index in [1.54, 1.807) is 0 Å². The Labute approximate surface area is 214 Å². The number of aromatic nitrogens is 4. The minimum Gasteiger partial charge on any atom is -0.307 e. The van der Waals surface area contributed by atoms with E-state index >= 15 is 0 Å². The van der Waals surface area contributed by atoms with Gasteiger partial charge < -0.3 is 9.44 Å². The molecule has 0 saturated heterocycles. The second-order valence-corrected chi connectivity index (χ2v) is 9.62. The summed E-state index contributed by atoms with van der Waals surface area (Å²) in [7, 11) is 0. The Bertz CT molecular complexity index is 1900. The fraction of sp³-hybridized carbons (Fsp3) is 0. The molecule has 9 heterocycles. The predicted octanol–water partition coefficient (Wildman–Crippen LogP) is 0.381. The summed E-state index contributed by atoms with van der Waals surface area (Å²) in [5.41, 5.74) is 4.37. The Morgan fingerprint density at radius 1 is 0.417 bits per heavy atom. The maximum absolute atomic E-state index is 4.68. The van der Waals surface area contributed by atoms with Gasteiger partial charge in [0.25, 0.3) is 0 Å². The molecule has 36 heavy (non-hydrogen) atoms. The maximum atomic E-state index is 4.68. The average Bonchev–Trinajstić information content (AvgIpc) is 3.67. The lowest BCUT2D eigenvalue weighted by Gasteiger charge is -2.00. The van der Waals surface area contributed by atoms with E-state index in [2.05, 4.69) is 75.6 Å². The monoisotopic (exact) mass is 546 g/mol. The summed E-state index contributed by atoms with van der Waals surface area (Å²) in [5, 5.41) is 0. The molecule has 7 aliphatic heterocycles. The van der Waals surface area contributed by atoms with Crippen molar-refractivity contribution in [1.82, 2.24) is 26.9 Å². The van der Waals surface area contributed by atoms with Crippen LogP contribution in [0.1, 0.15) is 22.8 Å². The third kappa shape index (κ3) is 2.47. The Hall–Kier alpha value is -4.27. The van der Waals surface area contributed by atoms with E-state index in [0.29, 0.717) is 92.2 Å². The van der Waals surface area contributed by atoms with E-state index < -0.39 is 0 Å². The van der Waals surface area contributed by atoms with Gasteiger partial charge in [0.15, 0.2) is 80.9 Å². The molecule has 2 aromatic rings. The molecule has 0 aromatic carbocycles. The number of nitrogens with zero attached hydrogens (tertiary/aromatic N) is 14. The summed E-state index contributed by atoms with van der Waals surface area (Å²) in [6.07, 6.45) is 0. The quantitative estimate of drug-likeness (QED) is 0.445. The van der Waals surface area contributed by atoms with Gasteiger partial charge in [-0.25, -0.2) is 39.9 Å². The predicted molar refractivity (Wildman–Crippen MR) is 136 cm³/mol. The molecule has 0 saturated carbocycles. The lowest BCUT2D eigenvalue weighted by atomic mass is 10.3. The van der Waals surface area contributed by atoms with Crippen molar-refractivity contribution in [3.63, 3.8) is 0 Å². The minimum absolute atomic E-state index is 0.310. The number of nitrogens with one attached hydrogen (secondary N) is 2. The molecule has 0 aliphatic carbocycles. The zero-order valence-electron chi connectivity index (χ0n) is 16.9. The smallest absolute Gasteiger partial charge is 0.186 e. The Balaban J connectivity index is 1.33. The van der Waals surface area contributed by atoms with Gasteiger partial charge in [0.05, 0.1) is 46.9 Å². The van der Waals surface area contributed by atoms with Crippen molar-refractivity contribution in [2.45, 2.75) is 0 Å². The van der Waals surface area contributed by atoms with Crippen molar-refractivity contribution in [1.29, 1.82) is 0 Å². The molecule has 9 rings (SSSR count). The van der Waals surface area contributed by atoms with Gasteiger partial charge in [-0.15, -0.1) is 0 Å². The van der Waals surface area contributed by atoms with Gasteiger partial charge in [-0.2, -0.15) is 26.2 Å². The molecular weight excluding hydrogens is 545 g/mol. The summed E-state index contributed by atoms with van der Waals surface area (Å²) in [6, 6.07) is 0. The van der Waals surface area contributed by atoms with Gasteiger partial charge in [-0.3, -0.25) is 0 Å². The normalized spacial score (nSPS) is 21.8. The number of amidine groups is 8. The standard InChI is InChI=1S/C16H2N16S4/c17-9-1-2(26-33-25-1)10(17)22-12-5-6(30-35-29-5)14(19-12)24-16-8-7(31-36-32-8)15(20-16)23-13-4-3(27-34-28-4)11(18-13)21-9/h25-26H. The average molecular weight is 547 g/mol. The molecule has 16 nitrogen and oxygen atoms in total. The van der Waals surface area contributed by atoms with Crippen LogP contribution in [0.3, 0.4) is 0 Å². The van der Waals surface area contributed by atoms with Crippen LogP contribution in [0.25, 0.3) is 0 Å². The van der Waals surface area contributed by atoms with Crippen LogP contribution < -0.4 is 9.44 Å². The summed E-state index contributed by atoms with van der Waals surface area (Å²) >= 11 is 4.42. The summed E-state index contributed by atoms with van der Waals surface area (Å²) < 4.78 is 32.5. The van der Waals surface area contributed by atoms with Crippen molar-refractivity contribution in [3.8, 4) is 0 Å². The summed E-state index contributed by atoms with van der Waals surface area (Å²) in [4.78, 5) is 37.0. The molecule has 0 spiro atoms. The van der Waals surface area contributed by atoms with E-state index in [-0.39, 0.29) is 0 Å². The van der Waals surface area contributed by atoms with Crippen molar-refractivity contribution < 1.29 is 0 Å². The topological polar surface area (TPSA) is 199 Å². The molecule has 2 aromatic heterocycles. The summed E-state index contributed by atoms with van der Waals surface area (Å²) in [6.45, 7) is 0. The van der Waals surface area contributed by atoms with Gasteiger partial charge in [0, 0.05) is 0 Å². The van der Waals surface area contributed by atoms with E-state index in [9.17, 15) is 0 Å². The zero-order valence-corrected chi connectivity index (χ0v) is 20.2. The molecular formula is C16H2N16S4. The second-order valence-electron chi connectivity index (χ2n) is 7.42. The number of hydrogen-bond acceptors (Lipinski definition) is 19. The molecule has 8 bridgehead atoms. The van der Waals surface area contributed by atoms with Crippen LogP contribution in [0.4, 0.5) is 0 Å². The number of fused-ring (bicyclic) bond motifs is 14. The van der Waals surface area contributed by atoms with Gasteiger partial charge in [-0.1, -0.05) is 0 Å². The maximum Gasteiger partial charge on any atom is 0.186 e. The van der Waals surface area contributed by atoms with Crippen LogP contribution in [0.2, 0.25) is 0 Å². The lowest BCUT2D eigenvalue weighted by Crippen LogP contribution is -2.11. The van der Waals surface area contributed by atoms with Crippen LogP contribution in [0, 0.1) is 0 Å². The largest absolute Gasteiger partial charge is 0.307 e. The van der Waals surface area contributed by atoms with Crippen molar-refractivity contribution in [3.05, 3.63) is 45.6 Å². The SMILES string of the molecule is N1=S=NC2=C1C1=NC2=NC2=NC(=NC3=NC(=NC4=NC(=N1)c1nsnc14)C1=C3NSN1)c1nsnc12. The first kappa shape index (κ1) is 19.0. The van der Waals surface area contributed by atoms with Crippen LogP contribution in [-0.2, 0) is 11.4 Å². The van der Waals surface area contributed by atoms with Crippen LogP contribution in [0.15, 0.2) is 71.5 Å². The molecule has 0 atom stereocenters. The third-order valence-electron chi connectivity index (χ3n) is 5.43. The van der Waals surface area contributed by atoms with Crippen molar-refractivity contribution in [2.75, 3.05) is 0 Å². The van der Waals surface area contributed by atoms with E-state index in [1.165, 1.54) is 12.1 Å². The van der Waals surface area contributed by atoms with Crippen LogP contribution >= 0.6 is 35.6 Å². The Morgan fingerprint density at radius 3 is 1.31 bits per heavy atom. The molecule has 0 radical (unpaired) electrons. The second kappa shape index (κ2) is 6.69. The Kier molecular flexibility index (Phi) is 3.53. The molecule has 7 aliphatic rings. The van der Waals surface area contributed by atoms with E-state index in [0.717, 1.165) is 34.8 Å². The van der Waals surface area contributed by atoms with E-state index in [4.69, 9.17) is 0 Å². The lowest BCUT2D eigenvalue weighted by molar-refractivity contribution is 1.30. The first-order valence-electron chi connectivity index (χ1n) is 9.92. The summed E-state index contributed by atoms with van der Waals surface area (Å²) in [5.74, 6) is 2.69. The first-order valence-corrected chi connectivity index (χ1v) is 12.9. The number of aliphatic imine (C=N–C) groups is 8. The zero-order chi connectivity index (χ0) is 23.4. The molecule has 0 amide bonds. The van der Waals surface area contributed by atoms with Gasteiger partial charge >= 0.3 is 0 Å².